The summed E-state index contributed by atoms with van der Waals surface area (Å²) in [6, 6.07) is 4.18. The van der Waals surface area contributed by atoms with Crippen LogP contribution in [-0.2, 0) is 4.79 Å². The number of anilines is 1. The Balaban J connectivity index is 2.18. The highest BCUT2D eigenvalue weighted by Gasteiger charge is 2.27. The maximum atomic E-state index is 11.4. The van der Waals surface area contributed by atoms with Gasteiger partial charge in [0.1, 0.15) is 11.9 Å². The SMILES string of the molecule is CNC(=O)C[C@H]1CCN(c2nc(C)cc(C)c2C#N)C1. The number of hydrogen-bond donors (Lipinski definition) is 1. The minimum atomic E-state index is 0.0748. The van der Waals surface area contributed by atoms with E-state index in [0.717, 1.165) is 36.6 Å². The van der Waals surface area contributed by atoms with E-state index in [1.54, 1.807) is 7.05 Å². The quantitative estimate of drug-likeness (QED) is 0.906. The topological polar surface area (TPSA) is 69.0 Å². The Morgan fingerprint density at radius 2 is 2.35 bits per heavy atom. The molecule has 0 aromatic carbocycles. The molecule has 5 heteroatoms. The van der Waals surface area contributed by atoms with Gasteiger partial charge >= 0.3 is 0 Å². The number of nitrogens with one attached hydrogen (secondary N) is 1. The maximum absolute atomic E-state index is 11.4. The van der Waals surface area contributed by atoms with E-state index in [2.05, 4.69) is 21.3 Å². The van der Waals surface area contributed by atoms with Crippen molar-refractivity contribution in [3.63, 3.8) is 0 Å². The highest BCUT2D eigenvalue weighted by atomic mass is 16.1. The number of amides is 1. The monoisotopic (exact) mass is 272 g/mol. The van der Waals surface area contributed by atoms with Crippen molar-refractivity contribution in [2.24, 2.45) is 5.92 Å². The molecule has 1 amide bonds. The smallest absolute Gasteiger partial charge is 0.220 e. The Bertz CT molecular complexity index is 562. The molecule has 2 rings (SSSR count). The molecular formula is C15H20N4O. The number of carbonyl (C=O) groups excluding carboxylic acids is 1. The van der Waals surface area contributed by atoms with E-state index < -0.39 is 0 Å². The van der Waals surface area contributed by atoms with E-state index in [-0.39, 0.29) is 5.91 Å². The molecule has 0 unspecified atom stereocenters. The highest BCUT2D eigenvalue weighted by Crippen LogP contribution is 2.28. The molecule has 0 saturated carbocycles. The lowest BCUT2D eigenvalue weighted by Crippen LogP contribution is -2.25. The van der Waals surface area contributed by atoms with Gasteiger partial charge < -0.3 is 10.2 Å². The Hall–Kier alpha value is -2.09. The largest absolute Gasteiger partial charge is 0.359 e. The van der Waals surface area contributed by atoms with Gasteiger partial charge in [-0.2, -0.15) is 5.26 Å². The van der Waals surface area contributed by atoms with Crippen molar-refractivity contribution in [1.82, 2.24) is 10.3 Å². The van der Waals surface area contributed by atoms with E-state index in [4.69, 9.17) is 0 Å². The molecule has 0 radical (unpaired) electrons. The molecule has 1 aliphatic heterocycles. The second-order valence-corrected chi connectivity index (χ2v) is 5.37. The molecule has 5 nitrogen and oxygen atoms in total. The van der Waals surface area contributed by atoms with Gasteiger partial charge in [0.25, 0.3) is 0 Å². The zero-order chi connectivity index (χ0) is 14.7. The van der Waals surface area contributed by atoms with Crippen LogP contribution < -0.4 is 10.2 Å². The van der Waals surface area contributed by atoms with Gasteiger partial charge in [-0.3, -0.25) is 4.79 Å². The molecular weight excluding hydrogens is 252 g/mol. The number of nitriles is 1. The van der Waals surface area contributed by atoms with Crippen LogP contribution in [0.4, 0.5) is 5.82 Å². The molecule has 1 aromatic heterocycles. The Morgan fingerprint density at radius 1 is 1.60 bits per heavy atom. The third-order valence-electron chi connectivity index (χ3n) is 3.78. The van der Waals surface area contributed by atoms with Gasteiger partial charge in [-0.1, -0.05) is 0 Å². The van der Waals surface area contributed by atoms with Crippen molar-refractivity contribution < 1.29 is 4.79 Å². The van der Waals surface area contributed by atoms with Gasteiger partial charge in [0.15, 0.2) is 0 Å². The fourth-order valence-electron chi connectivity index (χ4n) is 2.74. The van der Waals surface area contributed by atoms with Crippen LogP contribution in [0.15, 0.2) is 6.07 Å². The Morgan fingerprint density at radius 3 is 3.00 bits per heavy atom. The third-order valence-corrected chi connectivity index (χ3v) is 3.78. The van der Waals surface area contributed by atoms with Crippen LogP contribution in [0, 0.1) is 31.1 Å². The summed E-state index contributed by atoms with van der Waals surface area (Å²) in [7, 11) is 1.66. The van der Waals surface area contributed by atoms with Crippen molar-refractivity contribution in [2.75, 3.05) is 25.0 Å². The first kappa shape index (κ1) is 14.3. The minimum Gasteiger partial charge on any atom is -0.359 e. The summed E-state index contributed by atoms with van der Waals surface area (Å²) in [6.07, 6.45) is 1.51. The van der Waals surface area contributed by atoms with E-state index in [9.17, 15) is 10.1 Å². The van der Waals surface area contributed by atoms with E-state index in [1.165, 1.54) is 0 Å². The van der Waals surface area contributed by atoms with Crippen LogP contribution in [0.25, 0.3) is 0 Å². The minimum absolute atomic E-state index is 0.0748. The van der Waals surface area contributed by atoms with Gasteiger partial charge in [0.2, 0.25) is 5.91 Å². The summed E-state index contributed by atoms with van der Waals surface area (Å²) in [6.45, 7) is 5.52. The van der Waals surface area contributed by atoms with Gasteiger partial charge in [-0.05, 0) is 37.8 Å². The molecule has 0 bridgehead atoms. The fourth-order valence-corrected chi connectivity index (χ4v) is 2.74. The van der Waals surface area contributed by atoms with Crippen LogP contribution in [0.2, 0.25) is 0 Å². The van der Waals surface area contributed by atoms with Crippen molar-refractivity contribution in [1.29, 1.82) is 5.26 Å². The summed E-state index contributed by atoms with van der Waals surface area (Å²) in [4.78, 5) is 18.1. The van der Waals surface area contributed by atoms with E-state index >= 15 is 0 Å². The summed E-state index contributed by atoms with van der Waals surface area (Å²) >= 11 is 0. The molecule has 0 spiro atoms. The molecule has 2 heterocycles. The number of hydrogen-bond acceptors (Lipinski definition) is 4. The average Bonchev–Trinajstić information content (AvgIpc) is 2.86. The standard InChI is InChI=1S/C15H20N4O/c1-10-6-11(2)18-15(13(10)8-16)19-5-4-12(9-19)7-14(20)17-3/h6,12H,4-5,7,9H2,1-3H3,(H,17,20)/t12-/m1/s1. The predicted octanol–water partition coefficient (Wildman–Crippen LogP) is 1.53. The summed E-state index contributed by atoms with van der Waals surface area (Å²) in [5, 5.41) is 12.0. The molecule has 106 valence electrons. The first-order valence-corrected chi connectivity index (χ1v) is 6.89. The van der Waals surface area contributed by atoms with Gasteiger partial charge in [-0.25, -0.2) is 4.98 Å². The van der Waals surface area contributed by atoms with E-state index in [0.29, 0.717) is 17.9 Å². The first-order valence-electron chi connectivity index (χ1n) is 6.89. The normalized spacial score (nSPS) is 17.9. The number of aryl methyl sites for hydroxylation is 2. The molecule has 1 saturated heterocycles. The predicted molar refractivity (Wildman–Crippen MR) is 77.4 cm³/mol. The number of carbonyl (C=O) groups is 1. The lowest BCUT2D eigenvalue weighted by Gasteiger charge is -2.20. The molecule has 0 aliphatic carbocycles. The van der Waals surface area contributed by atoms with Crippen LogP contribution in [-0.4, -0.2) is 31.0 Å². The zero-order valence-corrected chi connectivity index (χ0v) is 12.2. The third kappa shape index (κ3) is 2.90. The maximum Gasteiger partial charge on any atom is 0.220 e. The molecule has 1 fully saturated rings. The molecule has 1 aliphatic rings. The van der Waals surface area contributed by atoms with Crippen molar-refractivity contribution in [3.05, 3.63) is 22.9 Å². The van der Waals surface area contributed by atoms with Crippen LogP contribution in [0.1, 0.15) is 29.7 Å². The molecule has 20 heavy (non-hydrogen) atoms. The van der Waals surface area contributed by atoms with Gasteiger partial charge in [0.05, 0.1) is 5.56 Å². The van der Waals surface area contributed by atoms with Crippen LogP contribution in [0.5, 0.6) is 0 Å². The Kier molecular flexibility index (Phi) is 4.23. The lowest BCUT2D eigenvalue weighted by atomic mass is 10.0. The Labute approximate surface area is 119 Å². The number of rotatable bonds is 3. The average molecular weight is 272 g/mol. The molecule has 1 aromatic rings. The van der Waals surface area contributed by atoms with Gasteiger partial charge in [-0.15, -0.1) is 0 Å². The van der Waals surface area contributed by atoms with Crippen LogP contribution >= 0.6 is 0 Å². The summed E-state index contributed by atoms with van der Waals surface area (Å²) in [5.41, 5.74) is 2.53. The second-order valence-electron chi connectivity index (χ2n) is 5.37. The lowest BCUT2D eigenvalue weighted by molar-refractivity contribution is -0.121. The molecule has 1 atom stereocenters. The first-order chi connectivity index (χ1) is 9.55. The number of aromatic nitrogens is 1. The number of pyridine rings is 1. The zero-order valence-electron chi connectivity index (χ0n) is 12.2. The van der Waals surface area contributed by atoms with Crippen molar-refractivity contribution >= 4 is 11.7 Å². The highest BCUT2D eigenvalue weighted by molar-refractivity contribution is 5.76. The second kappa shape index (κ2) is 5.91. The summed E-state index contributed by atoms with van der Waals surface area (Å²) < 4.78 is 0. The summed E-state index contributed by atoms with van der Waals surface area (Å²) in [5.74, 6) is 1.18. The van der Waals surface area contributed by atoms with Gasteiger partial charge in [0, 0.05) is 32.3 Å². The van der Waals surface area contributed by atoms with Crippen LogP contribution in [0.3, 0.4) is 0 Å². The fraction of sp³-hybridized carbons (Fsp3) is 0.533. The van der Waals surface area contributed by atoms with Crippen molar-refractivity contribution in [3.8, 4) is 6.07 Å². The van der Waals surface area contributed by atoms with E-state index in [1.807, 2.05) is 19.9 Å². The van der Waals surface area contributed by atoms with Crippen molar-refractivity contribution in [2.45, 2.75) is 26.7 Å². The number of nitrogens with zero attached hydrogens (tertiary/aromatic N) is 3. The molecule has 1 N–H and O–H groups in total.